The maximum absolute atomic E-state index is 10.7. The number of hydrogen-bond donors (Lipinski definition) is 1. The summed E-state index contributed by atoms with van der Waals surface area (Å²) in [4.78, 5) is 14.7. The van der Waals surface area contributed by atoms with Crippen LogP contribution in [-0.4, -0.2) is 20.6 Å². The molecule has 1 N–H and O–H groups in total. The maximum atomic E-state index is 10.7. The fourth-order valence-corrected chi connectivity index (χ4v) is 1.70. The van der Waals surface area contributed by atoms with Gasteiger partial charge in [-0.1, -0.05) is 6.92 Å². The normalized spacial score (nSPS) is 10.2. The molecule has 1 heterocycles. The van der Waals surface area contributed by atoms with E-state index in [1.807, 2.05) is 6.92 Å². The van der Waals surface area contributed by atoms with Gasteiger partial charge < -0.3 is 9.67 Å². The fraction of sp³-hybridized carbons (Fsp3) is 0.429. The third-order valence-electron chi connectivity index (χ3n) is 1.66. The third kappa shape index (κ3) is 1.36. The molecule has 0 aromatic carbocycles. The Morgan fingerprint density at radius 3 is 2.58 bits per heavy atom. The maximum Gasteiger partial charge on any atom is 0.355 e. The fourth-order valence-electron chi connectivity index (χ4n) is 1.06. The zero-order valence-electron chi connectivity index (χ0n) is 6.83. The van der Waals surface area contributed by atoms with E-state index in [-0.39, 0.29) is 5.69 Å². The number of aromatic nitrogens is 2. The number of hydrogen-bond acceptors (Lipinski definition) is 2. The number of aromatic carboxylic acids is 1. The Morgan fingerprint density at radius 1 is 1.75 bits per heavy atom. The van der Waals surface area contributed by atoms with Crippen LogP contribution in [0.5, 0.6) is 0 Å². The van der Waals surface area contributed by atoms with Crippen LogP contribution in [0.3, 0.4) is 0 Å². The highest BCUT2D eigenvalue weighted by Gasteiger charge is 2.17. The predicted molar refractivity (Wildman–Crippen MR) is 47.2 cm³/mol. The van der Waals surface area contributed by atoms with Gasteiger partial charge in [0, 0.05) is 13.5 Å². The van der Waals surface area contributed by atoms with Crippen molar-refractivity contribution in [2.24, 2.45) is 7.05 Å². The number of carboxylic acid groups (broad SMARTS) is 1. The molecule has 0 spiro atoms. The minimum atomic E-state index is -0.962. The molecule has 66 valence electrons. The summed E-state index contributed by atoms with van der Waals surface area (Å²) in [6.45, 7) is 1.93. The van der Waals surface area contributed by atoms with Crippen LogP contribution in [0.1, 0.15) is 23.2 Å². The molecule has 4 nitrogen and oxygen atoms in total. The molecule has 1 aromatic heterocycles. The Bertz CT molecular complexity index is 319. The lowest BCUT2D eigenvalue weighted by Crippen LogP contribution is -2.06. The number of imidazole rings is 1. The highest BCUT2D eigenvalue weighted by atomic mass is 79.9. The lowest BCUT2D eigenvalue weighted by atomic mass is 10.4. The van der Waals surface area contributed by atoms with Gasteiger partial charge in [0.15, 0.2) is 5.69 Å². The lowest BCUT2D eigenvalue weighted by molar-refractivity contribution is 0.0685. The first kappa shape index (κ1) is 9.25. The molecular formula is C7H9BrN2O2. The van der Waals surface area contributed by atoms with E-state index in [1.54, 1.807) is 11.6 Å². The summed E-state index contributed by atoms with van der Waals surface area (Å²) in [5.74, 6) is -0.198. The topological polar surface area (TPSA) is 55.1 Å². The van der Waals surface area contributed by atoms with E-state index in [1.165, 1.54) is 0 Å². The first-order chi connectivity index (χ1) is 5.57. The van der Waals surface area contributed by atoms with Crippen LogP contribution in [0, 0.1) is 0 Å². The molecule has 0 saturated carbocycles. The van der Waals surface area contributed by atoms with Crippen molar-refractivity contribution >= 4 is 21.9 Å². The summed E-state index contributed by atoms with van der Waals surface area (Å²) in [7, 11) is 1.69. The van der Waals surface area contributed by atoms with Gasteiger partial charge in [-0.05, 0) is 15.9 Å². The van der Waals surface area contributed by atoms with Gasteiger partial charge in [0.1, 0.15) is 10.4 Å². The zero-order chi connectivity index (χ0) is 9.30. The van der Waals surface area contributed by atoms with Gasteiger partial charge in [0.25, 0.3) is 0 Å². The molecule has 0 aliphatic rings. The number of carbonyl (C=O) groups is 1. The molecular weight excluding hydrogens is 224 g/mol. The first-order valence-corrected chi connectivity index (χ1v) is 4.31. The van der Waals surface area contributed by atoms with Crippen molar-refractivity contribution in [3.63, 3.8) is 0 Å². The highest BCUT2D eigenvalue weighted by molar-refractivity contribution is 9.10. The predicted octanol–water partition coefficient (Wildman–Crippen LogP) is 1.44. The van der Waals surface area contributed by atoms with Crippen molar-refractivity contribution in [2.45, 2.75) is 13.3 Å². The van der Waals surface area contributed by atoms with Gasteiger partial charge in [-0.15, -0.1) is 0 Å². The summed E-state index contributed by atoms with van der Waals surface area (Å²) in [5.41, 5.74) is 0.201. The smallest absolute Gasteiger partial charge is 0.355 e. The van der Waals surface area contributed by atoms with Crippen molar-refractivity contribution in [1.29, 1.82) is 0 Å². The van der Waals surface area contributed by atoms with Gasteiger partial charge in [-0.3, -0.25) is 0 Å². The molecule has 0 amide bonds. The first-order valence-electron chi connectivity index (χ1n) is 3.52. The zero-order valence-corrected chi connectivity index (χ0v) is 8.42. The summed E-state index contributed by atoms with van der Waals surface area (Å²) in [6, 6.07) is 0. The van der Waals surface area contributed by atoms with Gasteiger partial charge in [0.05, 0.1) is 0 Å². The molecule has 0 saturated heterocycles. The number of aryl methyl sites for hydroxylation is 1. The van der Waals surface area contributed by atoms with Crippen LogP contribution < -0.4 is 0 Å². The van der Waals surface area contributed by atoms with E-state index in [0.717, 1.165) is 12.2 Å². The van der Waals surface area contributed by atoms with Crippen molar-refractivity contribution in [3.05, 3.63) is 16.1 Å². The number of nitrogens with zero attached hydrogens (tertiary/aromatic N) is 2. The standard InChI is InChI=1S/C7H9BrN2O2/c1-3-4-9-6(8)5(7(11)12)10(4)2/h3H2,1-2H3,(H,11,12). The van der Waals surface area contributed by atoms with Crippen molar-refractivity contribution in [2.75, 3.05) is 0 Å². The highest BCUT2D eigenvalue weighted by Crippen LogP contribution is 2.16. The molecule has 0 bridgehead atoms. The van der Waals surface area contributed by atoms with Crippen LogP contribution in [-0.2, 0) is 13.5 Å². The molecule has 0 unspecified atom stereocenters. The lowest BCUT2D eigenvalue weighted by Gasteiger charge is -1.98. The van der Waals surface area contributed by atoms with Gasteiger partial charge in [-0.2, -0.15) is 0 Å². The van der Waals surface area contributed by atoms with E-state index in [2.05, 4.69) is 20.9 Å². The molecule has 0 aliphatic carbocycles. The van der Waals surface area contributed by atoms with Crippen molar-refractivity contribution in [3.8, 4) is 0 Å². The average Bonchev–Trinajstić information content (AvgIpc) is 2.25. The second-order valence-corrected chi connectivity index (χ2v) is 3.14. The Hall–Kier alpha value is -0.840. The molecule has 0 radical (unpaired) electrons. The van der Waals surface area contributed by atoms with Crippen LogP contribution >= 0.6 is 15.9 Å². The summed E-state index contributed by atoms with van der Waals surface area (Å²) >= 11 is 3.10. The van der Waals surface area contributed by atoms with E-state index in [0.29, 0.717) is 4.60 Å². The monoisotopic (exact) mass is 232 g/mol. The van der Waals surface area contributed by atoms with Crippen molar-refractivity contribution < 1.29 is 9.90 Å². The van der Waals surface area contributed by atoms with E-state index >= 15 is 0 Å². The molecule has 0 atom stereocenters. The van der Waals surface area contributed by atoms with Gasteiger partial charge in [-0.25, -0.2) is 9.78 Å². The molecule has 5 heteroatoms. The Labute approximate surface area is 78.4 Å². The van der Waals surface area contributed by atoms with Crippen LogP contribution in [0.2, 0.25) is 0 Å². The number of carboxylic acids is 1. The van der Waals surface area contributed by atoms with Crippen LogP contribution in [0.15, 0.2) is 4.60 Å². The molecule has 0 fully saturated rings. The Kier molecular flexibility index (Phi) is 2.52. The molecule has 0 aliphatic heterocycles. The van der Waals surface area contributed by atoms with E-state index in [4.69, 9.17) is 5.11 Å². The quantitative estimate of drug-likeness (QED) is 0.840. The summed E-state index contributed by atoms with van der Waals surface area (Å²) < 4.78 is 1.97. The summed E-state index contributed by atoms with van der Waals surface area (Å²) in [5, 5.41) is 8.76. The third-order valence-corrected chi connectivity index (χ3v) is 2.22. The van der Waals surface area contributed by atoms with E-state index < -0.39 is 5.97 Å². The molecule has 1 aromatic rings. The Balaban J connectivity index is 3.28. The van der Waals surface area contributed by atoms with Crippen molar-refractivity contribution in [1.82, 2.24) is 9.55 Å². The molecule has 12 heavy (non-hydrogen) atoms. The average molecular weight is 233 g/mol. The second kappa shape index (κ2) is 3.26. The van der Waals surface area contributed by atoms with Gasteiger partial charge >= 0.3 is 5.97 Å². The minimum Gasteiger partial charge on any atom is -0.476 e. The number of rotatable bonds is 2. The van der Waals surface area contributed by atoms with Gasteiger partial charge in [0.2, 0.25) is 0 Å². The summed E-state index contributed by atoms with van der Waals surface area (Å²) in [6.07, 6.45) is 0.725. The SMILES string of the molecule is CCc1nc(Br)c(C(=O)O)n1C. The van der Waals surface area contributed by atoms with Crippen LogP contribution in [0.25, 0.3) is 0 Å². The second-order valence-electron chi connectivity index (χ2n) is 2.39. The number of halogens is 1. The Morgan fingerprint density at radius 2 is 2.33 bits per heavy atom. The minimum absolute atomic E-state index is 0.201. The van der Waals surface area contributed by atoms with E-state index in [9.17, 15) is 4.79 Å². The van der Waals surface area contributed by atoms with Crippen LogP contribution in [0.4, 0.5) is 0 Å². The molecule has 1 rings (SSSR count). The largest absolute Gasteiger partial charge is 0.476 e.